The van der Waals surface area contributed by atoms with Gasteiger partial charge in [0.1, 0.15) is 13.2 Å². The van der Waals surface area contributed by atoms with Gasteiger partial charge in [-0.1, -0.05) is 104 Å². The molecule has 0 heterocycles. The minimum atomic E-state index is -3.92. The van der Waals surface area contributed by atoms with Crippen molar-refractivity contribution < 1.29 is 27.7 Å². The molecule has 7 heteroatoms. The van der Waals surface area contributed by atoms with Crippen LogP contribution in [0.3, 0.4) is 0 Å². The Bertz CT molecular complexity index is 1070. The molecule has 3 saturated carbocycles. The van der Waals surface area contributed by atoms with E-state index in [0.717, 1.165) is 61.4 Å². The van der Waals surface area contributed by atoms with Crippen LogP contribution < -0.4 is 0 Å². The maximum Gasteiger partial charge on any atom is 0.472 e. The molecule has 0 saturated heterocycles. The smallest absolute Gasteiger partial charge is 0.378 e. The lowest BCUT2D eigenvalue weighted by Gasteiger charge is -2.58. The molecule has 0 aliphatic heterocycles. The first-order chi connectivity index (χ1) is 23.1. The largest absolute Gasteiger partial charge is 0.472 e. The van der Waals surface area contributed by atoms with Gasteiger partial charge in [0.25, 0.3) is 0 Å². The molecule has 4 rings (SSSR count). The topological polar surface area (TPSA) is 65.0 Å². The summed E-state index contributed by atoms with van der Waals surface area (Å²) in [5.41, 5.74) is 2.74. The van der Waals surface area contributed by atoms with E-state index in [0.29, 0.717) is 28.0 Å². The average Bonchev–Trinajstić information content (AvgIpc) is 3.38. The summed E-state index contributed by atoms with van der Waals surface area (Å²) in [5, 5.41) is 0. The maximum atomic E-state index is 12.0. The van der Waals surface area contributed by atoms with Gasteiger partial charge in [-0.2, -0.15) is 0 Å². The number of rotatable bonds is 22. The zero-order valence-electron chi connectivity index (χ0n) is 33.4. The lowest BCUT2D eigenvalue weighted by atomic mass is 9.47. The first kappa shape index (κ1) is 41.5. The quantitative estimate of drug-likeness (QED) is 0.0525. The normalized spacial score (nSPS) is 33.4. The van der Waals surface area contributed by atoms with Crippen LogP contribution in [-0.2, 0) is 18.3 Å². The van der Waals surface area contributed by atoms with Gasteiger partial charge in [-0.15, -0.1) is 0 Å². The van der Waals surface area contributed by atoms with Gasteiger partial charge in [0.05, 0.1) is 33.9 Å². The van der Waals surface area contributed by atoms with Crippen molar-refractivity contribution in [2.45, 2.75) is 163 Å². The number of fused-ring (bicyclic) bond motifs is 5. The van der Waals surface area contributed by atoms with Crippen LogP contribution in [0.15, 0.2) is 11.6 Å². The second-order valence-corrected chi connectivity index (χ2v) is 20.5. The number of nitrogens with zero attached hydrogens (tertiary/aromatic N) is 1. The van der Waals surface area contributed by atoms with Gasteiger partial charge in [0.2, 0.25) is 0 Å². The first-order valence-corrected chi connectivity index (χ1v) is 22.4. The third-order valence-electron chi connectivity index (χ3n) is 13.9. The van der Waals surface area contributed by atoms with Crippen molar-refractivity contribution in [3.8, 4) is 0 Å². The van der Waals surface area contributed by atoms with E-state index in [1.165, 1.54) is 103 Å². The standard InChI is InChI=1S/C42H78NO5P/c1-33(2)18-17-19-34(3)38-22-23-39-37-21-20-35-32-36(24-26-41(35,4)40(37)25-27-42(38,39)5)46-29-15-13-11-9-10-12-14-16-30-47-49(44,45)48-31-28-43(6,7)8/h20,33-34,36-40H,9-19,21-32H2,1-8H3/p+1/t34-,36+,37+,38-,39+,40+,41+,42-/m1/s1. The Morgan fingerprint density at radius 1 is 0.816 bits per heavy atom. The van der Waals surface area contributed by atoms with Gasteiger partial charge in [-0.3, -0.25) is 9.05 Å². The number of phosphoric acid groups is 1. The summed E-state index contributed by atoms with van der Waals surface area (Å²) >= 11 is 0. The molecule has 0 bridgehead atoms. The van der Waals surface area contributed by atoms with Crippen LogP contribution in [0.4, 0.5) is 0 Å². The molecule has 1 unspecified atom stereocenters. The van der Waals surface area contributed by atoms with Crippen molar-refractivity contribution in [2.24, 2.45) is 46.3 Å². The number of likely N-dealkylation sites (N-methyl/N-ethyl adjacent to an activating group) is 1. The molecule has 286 valence electrons. The molecule has 0 aromatic carbocycles. The lowest BCUT2D eigenvalue weighted by Crippen LogP contribution is -2.51. The average molecular weight is 709 g/mol. The van der Waals surface area contributed by atoms with E-state index in [2.05, 4.69) is 40.7 Å². The van der Waals surface area contributed by atoms with Crippen LogP contribution in [0, 0.1) is 46.3 Å². The van der Waals surface area contributed by atoms with Crippen LogP contribution in [0.25, 0.3) is 0 Å². The zero-order valence-corrected chi connectivity index (χ0v) is 34.3. The number of phosphoric ester groups is 1. The van der Waals surface area contributed by atoms with Gasteiger partial charge >= 0.3 is 7.82 Å². The monoisotopic (exact) mass is 709 g/mol. The Labute approximate surface area is 303 Å². The number of ether oxygens (including phenoxy) is 1. The van der Waals surface area contributed by atoms with Crippen molar-refractivity contribution in [1.29, 1.82) is 0 Å². The van der Waals surface area contributed by atoms with Crippen molar-refractivity contribution in [3.63, 3.8) is 0 Å². The van der Waals surface area contributed by atoms with Crippen LogP contribution in [0.5, 0.6) is 0 Å². The Kier molecular flexibility index (Phi) is 15.8. The van der Waals surface area contributed by atoms with Crippen LogP contribution in [0.1, 0.15) is 157 Å². The molecule has 1 N–H and O–H groups in total. The predicted octanol–water partition coefficient (Wildman–Crippen LogP) is 11.4. The number of unbranched alkanes of at least 4 members (excludes halogenated alkanes) is 7. The van der Waals surface area contributed by atoms with Crippen molar-refractivity contribution in [1.82, 2.24) is 0 Å². The van der Waals surface area contributed by atoms with E-state index in [9.17, 15) is 9.46 Å². The van der Waals surface area contributed by atoms with Gasteiger partial charge < -0.3 is 14.1 Å². The molecule has 0 aromatic rings. The Balaban J connectivity index is 1.07. The van der Waals surface area contributed by atoms with Gasteiger partial charge in [-0.05, 0) is 111 Å². The highest BCUT2D eigenvalue weighted by Gasteiger charge is 2.59. The van der Waals surface area contributed by atoms with Gasteiger partial charge in [0, 0.05) is 6.61 Å². The van der Waals surface area contributed by atoms with Crippen LogP contribution in [0.2, 0.25) is 0 Å². The van der Waals surface area contributed by atoms with Gasteiger partial charge in [0.15, 0.2) is 0 Å². The third-order valence-corrected chi connectivity index (χ3v) is 14.9. The molecule has 3 fully saturated rings. The summed E-state index contributed by atoms with van der Waals surface area (Å²) in [5.74, 6) is 5.41. The van der Waals surface area contributed by atoms with E-state index in [4.69, 9.17) is 13.8 Å². The SMILES string of the molecule is CC(C)CCC[C@@H](C)[C@H]1CC[C@H]2[C@@H]3CC=C4C[C@@H](OCCCCCCCCCCOP(=O)(O)OCC[N+](C)(C)C)CC[C@]4(C)[C@H]3CC[C@]12C. The molecular formula is C42H79NO5P+. The van der Waals surface area contributed by atoms with Crippen LogP contribution in [-0.4, -0.2) is 63.0 Å². The van der Waals surface area contributed by atoms with E-state index in [-0.39, 0.29) is 13.2 Å². The maximum absolute atomic E-state index is 12.0. The van der Waals surface area contributed by atoms with E-state index in [1.807, 2.05) is 21.1 Å². The molecule has 0 aromatic heterocycles. The molecule has 6 nitrogen and oxygen atoms in total. The summed E-state index contributed by atoms with van der Waals surface area (Å²) in [6.45, 7) is 14.8. The Morgan fingerprint density at radius 3 is 2.14 bits per heavy atom. The molecule has 4 aliphatic rings. The second kappa shape index (κ2) is 18.7. The highest BCUT2D eigenvalue weighted by atomic mass is 31.2. The summed E-state index contributed by atoms with van der Waals surface area (Å²) in [6, 6.07) is 0. The van der Waals surface area contributed by atoms with E-state index in [1.54, 1.807) is 5.57 Å². The molecule has 9 atom stereocenters. The minimum absolute atomic E-state index is 0.222. The highest BCUT2D eigenvalue weighted by Crippen LogP contribution is 2.67. The predicted molar refractivity (Wildman–Crippen MR) is 204 cm³/mol. The molecule has 49 heavy (non-hydrogen) atoms. The van der Waals surface area contributed by atoms with E-state index >= 15 is 0 Å². The molecule has 0 radical (unpaired) electrons. The van der Waals surface area contributed by atoms with Gasteiger partial charge in [-0.25, -0.2) is 4.57 Å². The second-order valence-electron chi connectivity index (χ2n) is 19.0. The summed E-state index contributed by atoms with van der Waals surface area (Å²) < 4.78 is 29.4. The number of hydrogen-bond acceptors (Lipinski definition) is 4. The third kappa shape index (κ3) is 11.9. The molecule has 0 amide bonds. The first-order valence-electron chi connectivity index (χ1n) is 20.9. The highest BCUT2D eigenvalue weighted by molar-refractivity contribution is 7.47. The van der Waals surface area contributed by atoms with Crippen molar-refractivity contribution in [2.75, 3.05) is 47.5 Å². The Hall–Kier alpha value is -0.230. The van der Waals surface area contributed by atoms with Crippen molar-refractivity contribution >= 4 is 7.82 Å². The van der Waals surface area contributed by atoms with E-state index < -0.39 is 7.82 Å². The molecule has 4 aliphatic carbocycles. The van der Waals surface area contributed by atoms with Crippen LogP contribution >= 0.6 is 7.82 Å². The Morgan fingerprint density at radius 2 is 1.47 bits per heavy atom. The summed E-state index contributed by atoms with van der Waals surface area (Å²) in [4.78, 5) is 9.82. The fraction of sp³-hybridized carbons (Fsp3) is 0.952. The number of allylic oxidation sites excluding steroid dienone is 1. The summed E-state index contributed by atoms with van der Waals surface area (Å²) in [6.07, 6.45) is 27.5. The molecule has 0 spiro atoms. The molecular weight excluding hydrogens is 629 g/mol. The zero-order chi connectivity index (χ0) is 35.7. The lowest BCUT2D eigenvalue weighted by molar-refractivity contribution is -0.870. The fourth-order valence-corrected chi connectivity index (χ4v) is 11.7. The summed E-state index contributed by atoms with van der Waals surface area (Å²) in [7, 11) is 2.15. The van der Waals surface area contributed by atoms with Crippen molar-refractivity contribution in [3.05, 3.63) is 11.6 Å². The number of hydrogen-bond donors (Lipinski definition) is 1. The number of quaternary nitrogens is 1. The minimum Gasteiger partial charge on any atom is -0.378 e. The fourth-order valence-electron chi connectivity index (χ4n) is 11.0.